The van der Waals surface area contributed by atoms with Crippen LogP contribution in [0.25, 0.3) is 0 Å². The maximum atomic E-state index is 10.9. The van der Waals surface area contributed by atoms with Crippen LogP contribution >= 0.6 is 0 Å². The Hall–Kier alpha value is -0.610. The first-order valence-electron chi connectivity index (χ1n) is 5.45. The fourth-order valence-corrected chi connectivity index (χ4v) is 2.04. The number of carbonyl (C=O) groups is 1. The van der Waals surface area contributed by atoms with Crippen molar-refractivity contribution >= 4 is 5.91 Å². The van der Waals surface area contributed by atoms with E-state index in [0.717, 1.165) is 39.0 Å². The molecule has 0 saturated carbocycles. The number of ether oxygens (including phenoxy) is 1. The molecule has 2 heterocycles. The van der Waals surface area contributed by atoms with Gasteiger partial charge < -0.3 is 15.4 Å². The van der Waals surface area contributed by atoms with Gasteiger partial charge in [0.2, 0.25) is 5.91 Å². The SMILES string of the molecule is O=C1CCC(CNC2CCOCC2)N1. The summed E-state index contributed by atoms with van der Waals surface area (Å²) in [5.41, 5.74) is 0. The molecule has 0 aromatic carbocycles. The number of rotatable bonds is 3. The number of amides is 1. The van der Waals surface area contributed by atoms with E-state index in [1.54, 1.807) is 0 Å². The highest BCUT2D eigenvalue weighted by Gasteiger charge is 2.21. The maximum absolute atomic E-state index is 10.9. The van der Waals surface area contributed by atoms with Crippen molar-refractivity contribution in [3.63, 3.8) is 0 Å². The Morgan fingerprint density at radius 2 is 2.14 bits per heavy atom. The number of carbonyl (C=O) groups excluding carboxylic acids is 1. The Kier molecular flexibility index (Phi) is 3.37. The molecule has 2 saturated heterocycles. The highest BCUT2D eigenvalue weighted by molar-refractivity contribution is 5.78. The number of nitrogens with one attached hydrogen (secondary N) is 2. The van der Waals surface area contributed by atoms with Crippen LogP contribution in [-0.2, 0) is 9.53 Å². The van der Waals surface area contributed by atoms with Crippen molar-refractivity contribution in [1.82, 2.24) is 10.6 Å². The number of hydrogen-bond donors (Lipinski definition) is 2. The van der Waals surface area contributed by atoms with E-state index in [4.69, 9.17) is 4.74 Å². The minimum absolute atomic E-state index is 0.198. The molecule has 0 aliphatic carbocycles. The Morgan fingerprint density at radius 1 is 1.36 bits per heavy atom. The van der Waals surface area contributed by atoms with Crippen molar-refractivity contribution in [3.05, 3.63) is 0 Å². The fourth-order valence-electron chi connectivity index (χ4n) is 2.04. The molecule has 0 aromatic rings. The molecule has 0 aromatic heterocycles. The van der Waals surface area contributed by atoms with Gasteiger partial charge in [-0.05, 0) is 19.3 Å². The van der Waals surface area contributed by atoms with Crippen LogP contribution < -0.4 is 10.6 Å². The highest BCUT2D eigenvalue weighted by atomic mass is 16.5. The highest BCUT2D eigenvalue weighted by Crippen LogP contribution is 2.09. The van der Waals surface area contributed by atoms with Crippen LogP contribution in [0.4, 0.5) is 0 Å². The zero-order valence-electron chi connectivity index (χ0n) is 8.42. The van der Waals surface area contributed by atoms with Gasteiger partial charge in [-0.15, -0.1) is 0 Å². The summed E-state index contributed by atoms with van der Waals surface area (Å²) >= 11 is 0. The lowest BCUT2D eigenvalue weighted by atomic mass is 10.1. The van der Waals surface area contributed by atoms with E-state index in [0.29, 0.717) is 18.5 Å². The molecule has 2 aliphatic heterocycles. The monoisotopic (exact) mass is 198 g/mol. The van der Waals surface area contributed by atoms with E-state index in [-0.39, 0.29) is 5.91 Å². The topological polar surface area (TPSA) is 50.4 Å². The van der Waals surface area contributed by atoms with Crippen LogP contribution in [-0.4, -0.2) is 37.7 Å². The minimum Gasteiger partial charge on any atom is -0.381 e. The fraction of sp³-hybridized carbons (Fsp3) is 0.900. The van der Waals surface area contributed by atoms with E-state index >= 15 is 0 Å². The van der Waals surface area contributed by atoms with Crippen molar-refractivity contribution in [2.24, 2.45) is 0 Å². The molecule has 0 radical (unpaired) electrons. The summed E-state index contributed by atoms with van der Waals surface area (Å²) in [6, 6.07) is 0.937. The summed E-state index contributed by atoms with van der Waals surface area (Å²) in [6.45, 7) is 2.65. The van der Waals surface area contributed by atoms with E-state index in [1.807, 2.05) is 0 Å². The van der Waals surface area contributed by atoms with Gasteiger partial charge in [0.15, 0.2) is 0 Å². The molecule has 2 fully saturated rings. The summed E-state index contributed by atoms with van der Waals surface area (Å²) in [7, 11) is 0. The van der Waals surface area contributed by atoms with Crippen LogP contribution in [0.3, 0.4) is 0 Å². The minimum atomic E-state index is 0.198. The van der Waals surface area contributed by atoms with Crippen molar-refractivity contribution < 1.29 is 9.53 Å². The van der Waals surface area contributed by atoms with Gasteiger partial charge in [0.05, 0.1) is 0 Å². The van der Waals surface area contributed by atoms with E-state index in [2.05, 4.69) is 10.6 Å². The smallest absolute Gasteiger partial charge is 0.220 e. The lowest BCUT2D eigenvalue weighted by molar-refractivity contribution is -0.119. The van der Waals surface area contributed by atoms with E-state index < -0.39 is 0 Å². The predicted molar refractivity (Wildman–Crippen MR) is 53.0 cm³/mol. The Labute approximate surface area is 84.4 Å². The van der Waals surface area contributed by atoms with Crippen LogP contribution in [0.15, 0.2) is 0 Å². The largest absolute Gasteiger partial charge is 0.381 e. The molecular weight excluding hydrogens is 180 g/mol. The van der Waals surface area contributed by atoms with Gasteiger partial charge in [-0.2, -0.15) is 0 Å². The lowest BCUT2D eigenvalue weighted by Gasteiger charge is -2.24. The Morgan fingerprint density at radius 3 is 2.79 bits per heavy atom. The van der Waals surface area contributed by atoms with Gasteiger partial charge in [-0.3, -0.25) is 4.79 Å². The standard InChI is InChI=1S/C10H18N2O2/c13-10-2-1-9(12-10)7-11-8-3-5-14-6-4-8/h8-9,11H,1-7H2,(H,12,13). The molecule has 4 heteroatoms. The van der Waals surface area contributed by atoms with Crippen LogP contribution in [0.1, 0.15) is 25.7 Å². The molecule has 2 aliphatic rings. The molecule has 0 bridgehead atoms. The van der Waals surface area contributed by atoms with E-state index in [1.165, 1.54) is 0 Å². The summed E-state index contributed by atoms with van der Waals surface area (Å²) in [4.78, 5) is 10.9. The second kappa shape index (κ2) is 4.75. The number of hydrogen-bond acceptors (Lipinski definition) is 3. The first-order chi connectivity index (χ1) is 6.84. The third kappa shape index (κ3) is 2.69. The molecule has 4 nitrogen and oxygen atoms in total. The van der Waals surface area contributed by atoms with Gasteiger partial charge >= 0.3 is 0 Å². The summed E-state index contributed by atoms with van der Waals surface area (Å²) in [5, 5.41) is 6.45. The summed E-state index contributed by atoms with van der Waals surface area (Å²) < 4.78 is 5.28. The molecule has 2 N–H and O–H groups in total. The average molecular weight is 198 g/mol. The Bertz CT molecular complexity index is 202. The molecule has 0 spiro atoms. The normalized spacial score (nSPS) is 29.1. The molecule has 1 unspecified atom stereocenters. The van der Waals surface area contributed by atoms with Crippen molar-refractivity contribution in [1.29, 1.82) is 0 Å². The summed E-state index contributed by atoms with van der Waals surface area (Å²) in [6.07, 6.45) is 3.87. The molecule has 14 heavy (non-hydrogen) atoms. The average Bonchev–Trinajstić information content (AvgIpc) is 2.63. The molecule has 1 atom stereocenters. The Balaban J connectivity index is 1.63. The second-order valence-electron chi connectivity index (χ2n) is 4.10. The van der Waals surface area contributed by atoms with Crippen LogP contribution in [0.5, 0.6) is 0 Å². The van der Waals surface area contributed by atoms with Gasteiger partial charge in [0, 0.05) is 38.3 Å². The summed E-state index contributed by atoms with van der Waals surface area (Å²) in [5.74, 6) is 0.198. The molecule has 1 amide bonds. The van der Waals surface area contributed by atoms with E-state index in [9.17, 15) is 4.79 Å². The van der Waals surface area contributed by atoms with Crippen LogP contribution in [0.2, 0.25) is 0 Å². The first kappa shape index (κ1) is 9.93. The third-order valence-corrected chi connectivity index (χ3v) is 2.96. The molecule has 2 rings (SSSR count). The zero-order chi connectivity index (χ0) is 9.80. The molecule has 80 valence electrons. The van der Waals surface area contributed by atoms with Gasteiger partial charge in [0.1, 0.15) is 0 Å². The lowest BCUT2D eigenvalue weighted by Crippen LogP contribution is -2.42. The predicted octanol–water partition coefficient (Wildman–Crippen LogP) is 0.0336. The third-order valence-electron chi connectivity index (χ3n) is 2.96. The zero-order valence-corrected chi connectivity index (χ0v) is 8.42. The maximum Gasteiger partial charge on any atom is 0.220 e. The van der Waals surface area contributed by atoms with Crippen molar-refractivity contribution in [3.8, 4) is 0 Å². The van der Waals surface area contributed by atoms with Crippen LogP contribution in [0, 0.1) is 0 Å². The van der Waals surface area contributed by atoms with Crippen molar-refractivity contribution in [2.75, 3.05) is 19.8 Å². The first-order valence-corrected chi connectivity index (χ1v) is 5.45. The molecular formula is C10H18N2O2. The van der Waals surface area contributed by atoms with Gasteiger partial charge in [0.25, 0.3) is 0 Å². The quantitative estimate of drug-likeness (QED) is 0.673. The van der Waals surface area contributed by atoms with Gasteiger partial charge in [-0.25, -0.2) is 0 Å². The second-order valence-corrected chi connectivity index (χ2v) is 4.10. The van der Waals surface area contributed by atoms with Crippen molar-refractivity contribution in [2.45, 2.75) is 37.8 Å². The van der Waals surface area contributed by atoms with Gasteiger partial charge in [-0.1, -0.05) is 0 Å².